The van der Waals surface area contributed by atoms with Crippen molar-refractivity contribution < 1.29 is 4.79 Å². The molecule has 2 heterocycles. The standard InChI is InChI=1S/C20H28N4OS2/c1-3-23(15-8-5-4-6-9-15)19(25)14(2)27-20-22-21-18(17-10-7-13-26-17)24(20)16-11-12-16/h7,10,13-16H,3-6,8-9,11-12H2,1-2H3. The molecular formula is C20H28N4OS2. The summed E-state index contributed by atoms with van der Waals surface area (Å²) >= 11 is 3.27. The van der Waals surface area contributed by atoms with Gasteiger partial charge < -0.3 is 4.90 Å². The Labute approximate surface area is 169 Å². The number of amides is 1. The van der Waals surface area contributed by atoms with Gasteiger partial charge >= 0.3 is 0 Å². The van der Waals surface area contributed by atoms with Crippen molar-refractivity contribution in [3.05, 3.63) is 17.5 Å². The number of thiophene rings is 1. The second-order valence-electron chi connectivity index (χ2n) is 7.56. The lowest BCUT2D eigenvalue weighted by atomic mass is 9.94. The summed E-state index contributed by atoms with van der Waals surface area (Å²) in [7, 11) is 0. The Morgan fingerprint density at radius 2 is 2.07 bits per heavy atom. The van der Waals surface area contributed by atoms with Gasteiger partial charge in [0.25, 0.3) is 0 Å². The van der Waals surface area contributed by atoms with Gasteiger partial charge in [0.1, 0.15) is 0 Å². The molecule has 2 aromatic heterocycles. The molecule has 2 aliphatic rings. The number of carbonyl (C=O) groups excluding carboxylic acids is 1. The normalized spacial score (nSPS) is 19.2. The molecule has 4 rings (SSSR count). The monoisotopic (exact) mass is 404 g/mol. The third-order valence-corrected chi connectivity index (χ3v) is 7.50. The lowest BCUT2D eigenvalue weighted by molar-refractivity contribution is -0.133. The number of thioether (sulfide) groups is 1. The van der Waals surface area contributed by atoms with Gasteiger partial charge in [-0.1, -0.05) is 37.1 Å². The summed E-state index contributed by atoms with van der Waals surface area (Å²) < 4.78 is 2.26. The summed E-state index contributed by atoms with van der Waals surface area (Å²) in [4.78, 5) is 16.4. The van der Waals surface area contributed by atoms with E-state index in [-0.39, 0.29) is 11.2 Å². The lowest BCUT2D eigenvalue weighted by Gasteiger charge is -2.35. The average molecular weight is 405 g/mol. The van der Waals surface area contributed by atoms with Gasteiger partial charge in [-0.25, -0.2) is 0 Å². The summed E-state index contributed by atoms with van der Waals surface area (Å²) in [5.74, 6) is 1.20. The summed E-state index contributed by atoms with van der Waals surface area (Å²) in [6, 6.07) is 5.05. The minimum Gasteiger partial charge on any atom is -0.339 e. The largest absolute Gasteiger partial charge is 0.339 e. The van der Waals surface area contributed by atoms with Crippen LogP contribution in [-0.4, -0.2) is 43.4 Å². The van der Waals surface area contributed by atoms with E-state index in [1.165, 1.54) is 32.1 Å². The van der Waals surface area contributed by atoms with Crippen molar-refractivity contribution >= 4 is 29.0 Å². The smallest absolute Gasteiger partial charge is 0.236 e. The zero-order valence-corrected chi connectivity index (χ0v) is 17.8. The van der Waals surface area contributed by atoms with Crippen molar-refractivity contribution in [2.75, 3.05) is 6.54 Å². The van der Waals surface area contributed by atoms with E-state index in [0.29, 0.717) is 12.1 Å². The van der Waals surface area contributed by atoms with E-state index in [2.05, 4.69) is 38.0 Å². The molecule has 0 spiro atoms. The van der Waals surface area contributed by atoms with E-state index in [9.17, 15) is 4.79 Å². The van der Waals surface area contributed by atoms with Crippen molar-refractivity contribution in [3.8, 4) is 10.7 Å². The maximum atomic E-state index is 13.2. The predicted octanol–water partition coefficient (Wildman–Crippen LogP) is 5.00. The van der Waals surface area contributed by atoms with Crippen LogP contribution in [0.15, 0.2) is 22.7 Å². The Balaban J connectivity index is 1.50. The van der Waals surface area contributed by atoms with E-state index in [1.807, 2.05) is 13.0 Å². The molecule has 7 heteroatoms. The first-order valence-electron chi connectivity index (χ1n) is 10.1. The number of rotatable bonds is 7. The van der Waals surface area contributed by atoms with Gasteiger partial charge in [-0.2, -0.15) is 0 Å². The number of hydrogen-bond donors (Lipinski definition) is 0. The first kappa shape index (κ1) is 19.0. The highest BCUT2D eigenvalue weighted by atomic mass is 32.2. The highest BCUT2D eigenvalue weighted by Gasteiger charge is 2.33. The van der Waals surface area contributed by atoms with Gasteiger partial charge in [-0.15, -0.1) is 21.5 Å². The molecule has 2 aromatic rings. The molecule has 27 heavy (non-hydrogen) atoms. The van der Waals surface area contributed by atoms with E-state index < -0.39 is 0 Å². The molecule has 2 aliphatic carbocycles. The summed E-state index contributed by atoms with van der Waals surface area (Å²) in [5.41, 5.74) is 0. The maximum Gasteiger partial charge on any atom is 0.236 e. The van der Waals surface area contributed by atoms with Crippen LogP contribution in [0.25, 0.3) is 10.7 Å². The molecule has 1 unspecified atom stereocenters. The van der Waals surface area contributed by atoms with Gasteiger partial charge in [0.05, 0.1) is 10.1 Å². The minimum absolute atomic E-state index is 0.134. The topological polar surface area (TPSA) is 51.0 Å². The fourth-order valence-corrected chi connectivity index (χ4v) is 5.72. The predicted molar refractivity (Wildman–Crippen MR) is 111 cm³/mol. The highest BCUT2D eigenvalue weighted by Crippen LogP contribution is 2.42. The molecule has 0 aliphatic heterocycles. The zero-order valence-electron chi connectivity index (χ0n) is 16.1. The Morgan fingerprint density at radius 1 is 1.30 bits per heavy atom. The van der Waals surface area contributed by atoms with Crippen LogP contribution in [-0.2, 0) is 4.79 Å². The molecule has 2 saturated carbocycles. The highest BCUT2D eigenvalue weighted by molar-refractivity contribution is 8.00. The second kappa shape index (κ2) is 8.35. The molecule has 1 amide bonds. The molecule has 0 radical (unpaired) electrons. The minimum atomic E-state index is -0.134. The van der Waals surface area contributed by atoms with Crippen LogP contribution in [0.2, 0.25) is 0 Å². The van der Waals surface area contributed by atoms with Crippen molar-refractivity contribution in [2.45, 2.75) is 81.3 Å². The van der Waals surface area contributed by atoms with E-state index in [4.69, 9.17) is 0 Å². The van der Waals surface area contributed by atoms with Gasteiger partial charge in [0, 0.05) is 18.6 Å². The molecule has 0 aromatic carbocycles. The van der Waals surface area contributed by atoms with Crippen LogP contribution in [0.4, 0.5) is 0 Å². The van der Waals surface area contributed by atoms with Crippen LogP contribution in [0.3, 0.4) is 0 Å². The lowest BCUT2D eigenvalue weighted by Crippen LogP contribution is -2.44. The third-order valence-electron chi connectivity index (χ3n) is 5.59. The quantitative estimate of drug-likeness (QED) is 0.609. The first-order valence-corrected chi connectivity index (χ1v) is 11.9. The van der Waals surface area contributed by atoms with Crippen LogP contribution in [0.1, 0.15) is 64.8 Å². The van der Waals surface area contributed by atoms with Gasteiger partial charge in [0.15, 0.2) is 11.0 Å². The number of hydrogen-bond acceptors (Lipinski definition) is 5. The first-order chi connectivity index (χ1) is 13.2. The van der Waals surface area contributed by atoms with Crippen LogP contribution in [0.5, 0.6) is 0 Å². The van der Waals surface area contributed by atoms with Crippen LogP contribution in [0, 0.1) is 0 Å². The Bertz CT molecular complexity index is 763. The molecule has 1 atom stereocenters. The van der Waals surface area contributed by atoms with Crippen LogP contribution >= 0.6 is 23.1 Å². The summed E-state index contributed by atoms with van der Waals surface area (Å²) in [6.07, 6.45) is 8.45. The summed E-state index contributed by atoms with van der Waals surface area (Å²) in [5, 5.41) is 11.8. The van der Waals surface area contributed by atoms with Gasteiger partial charge in [0.2, 0.25) is 5.91 Å². The van der Waals surface area contributed by atoms with E-state index in [1.54, 1.807) is 23.1 Å². The van der Waals surface area contributed by atoms with Crippen molar-refractivity contribution in [3.63, 3.8) is 0 Å². The van der Waals surface area contributed by atoms with Crippen molar-refractivity contribution in [1.29, 1.82) is 0 Å². The Morgan fingerprint density at radius 3 is 2.70 bits per heavy atom. The van der Waals surface area contributed by atoms with Gasteiger partial charge in [-0.05, 0) is 51.0 Å². The molecule has 5 nitrogen and oxygen atoms in total. The molecule has 2 fully saturated rings. The van der Waals surface area contributed by atoms with Gasteiger partial charge in [-0.3, -0.25) is 9.36 Å². The molecule has 0 bridgehead atoms. The molecule has 0 saturated heterocycles. The second-order valence-corrected chi connectivity index (χ2v) is 9.82. The fourth-order valence-electron chi connectivity index (χ4n) is 4.02. The number of carbonyl (C=O) groups is 1. The zero-order chi connectivity index (χ0) is 18.8. The summed E-state index contributed by atoms with van der Waals surface area (Å²) in [6.45, 7) is 4.92. The number of nitrogens with zero attached hydrogens (tertiary/aromatic N) is 4. The van der Waals surface area contributed by atoms with Crippen molar-refractivity contribution in [1.82, 2.24) is 19.7 Å². The Kier molecular flexibility index (Phi) is 5.88. The third kappa shape index (κ3) is 4.09. The molecule has 0 N–H and O–H groups in total. The fraction of sp³-hybridized carbons (Fsp3) is 0.650. The molecular weight excluding hydrogens is 376 g/mol. The van der Waals surface area contributed by atoms with Crippen LogP contribution < -0.4 is 0 Å². The van der Waals surface area contributed by atoms with E-state index in [0.717, 1.165) is 35.2 Å². The Hall–Kier alpha value is -1.34. The average Bonchev–Trinajstić information content (AvgIpc) is 3.21. The van der Waals surface area contributed by atoms with Crippen molar-refractivity contribution in [2.24, 2.45) is 0 Å². The number of aromatic nitrogens is 3. The maximum absolute atomic E-state index is 13.2. The molecule has 146 valence electrons. The van der Waals surface area contributed by atoms with E-state index >= 15 is 0 Å². The SMILES string of the molecule is CCN(C(=O)C(C)Sc1nnc(-c2cccs2)n1C1CC1)C1CCCCC1.